The summed E-state index contributed by atoms with van der Waals surface area (Å²) in [5.74, 6) is -2.48. The van der Waals surface area contributed by atoms with Crippen LogP contribution in [0.3, 0.4) is 0 Å². The fourth-order valence-electron chi connectivity index (χ4n) is 3.39. The maximum atomic E-state index is 13.4. The molecule has 0 radical (unpaired) electrons. The van der Waals surface area contributed by atoms with Crippen LogP contribution in [0.15, 0.2) is 36.4 Å². The Bertz CT molecular complexity index is 914. The molecule has 0 aromatic heterocycles. The summed E-state index contributed by atoms with van der Waals surface area (Å²) in [7, 11) is 1.55. The third-order valence-electron chi connectivity index (χ3n) is 4.97. The first kappa shape index (κ1) is 20.6. The standard InChI is InChI=1S/C21H24F2N4O2/c1-26(13-14-5-7-16(22)17(23)11-14)21(29)25-18-12-15(20(24)28)6-8-19(18)27-9-3-2-4-10-27/h5-8,11-12H,2-4,9-10,13H2,1H3,(H2,24,28)(H,25,29). The second-order valence-corrected chi connectivity index (χ2v) is 7.18. The summed E-state index contributed by atoms with van der Waals surface area (Å²) in [4.78, 5) is 27.8. The average Bonchev–Trinajstić information content (AvgIpc) is 2.71. The van der Waals surface area contributed by atoms with Crippen molar-refractivity contribution in [3.8, 4) is 0 Å². The third kappa shape index (κ3) is 5.01. The molecule has 2 aromatic carbocycles. The summed E-state index contributed by atoms with van der Waals surface area (Å²) in [5, 5.41) is 2.82. The van der Waals surface area contributed by atoms with Crippen LogP contribution in [0.2, 0.25) is 0 Å². The van der Waals surface area contributed by atoms with Crippen molar-refractivity contribution in [2.75, 3.05) is 30.4 Å². The van der Waals surface area contributed by atoms with Crippen LogP contribution >= 0.6 is 0 Å². The third-order valence-corrected chi connectivity index (χ3v) is 4.97. The molecule has 29 heavy (non-hydrogen) atoms. The van der Waals surface area contributed by atoms with Gasteiger partial charge in [-0.2, -0.15) is 0 Å². The van der Waals surface area contributed by atoms with Gasteiger partial charge in [-0.15, -0.1) is 0 Å². The molecule has 1 saturated heterocycles. The van der Waals surface area contributed by atoms with E-state index in [1.165, 1.54) is 11.0 Å². The number of nitrogens with zero attached hydrogens (tertiary/aromatic N) is 2. The highest BCUT2D eigenvalue weighted by Crippen LogP contribution is 2.30. The number of anilines is 2. The SMILES string of the molecule is CN(Cc1ccc(F)c(F)c1)C(=O)Nc1cc(C(N)=O)ccc1N1CCCCC1. The van der Waals surface area contributed by atoms with Crippen LogP contribution in [0.1, 0.15) is 35.2 Å². The topological polar surface area (TPSA) is 78.7 Å². The number of urea groups is 1. The largest absolute Gasteiger partial charge is 0.370 e. The van der Waals surface area contributed by atoms with Gasteiger partial charge in [0.25, 0.3) is 0 Å². The van der Waals surface area contributed by atoms with Gasteiger partial charge in [0.15, 0.2) is 11.6 Å². The normalized spacial score (nSPS) is 13.8. The number of rotatable bonds is 5. The summed E-state index contributed by atoms with van der Waals surface area (Å²) in [6.45, 7) is 1.82. The van der Waals surface area contributed by atoms with Crippen molar-refractivity contribution in [2.24, 2.45) is 5.73 Å². The molecule has 1 aliphatic rings. The molecule has 1 heterocycles. The van der Waals surface area contributed by atoms with Gasteiger partial charge in [0.2, 0.25) is 5.91 Å². The van der Waals surface area contributed by atoms with Gasteiger partial charge in [-0.05, 0) is 55.2 Å². The van der Waals surface area contributed by atoms with Gasteiger partial charge >= 0.3 is 6.03 Å². The highest BCUT2D eigenvalue weighted by atomic mass is 19.2. The van der Waals surface area contributed by atoms with E-state index in [0.29, 0.717) is 16.8 Å². The predicted molar refractivity (Wildman–Crippen MR) is 108 cm³/mol. The van der Waals surface area contributed by atoms with Gasteiger partial charge in [-0.3, -0.25) is 4.79 Å². The lowest BCUT2D eigenvalue weighted by Crippen LogP contribution is -2.33. The molecule has 6 nitrogen and oxygen atoms in total. The van der Waals surface area contributed by atoms with Crippen molar-refractivity contribution >= 4 is 23.3 Å². The molecular formula is C21H24F2N4O2. The minimum absolute atomic E-state index is 0.0948. The van der Waals surface area contributed by atoms with Gasteiger partial charge in [-0.25, -0.2) is 13.6 Å². The van der Waals surface area contributed by atoms with E-state index in [1.54, 1.807) is 25.2 Å². The lowest BCUT2D eigenvalue weighted by Gasteiger charge is -2.31. The van der Waals surface area contributed by atoms with E-state index in [9.17, 15) is 18.4 Å². The molecule has 3 amide bonds. The number of primary amides is 1. The minimum Gasteiger partial charge on any atom is -0.370 e. The molecule has 0 atom stereocenters. The monoisotopic (exact) mass is 402 g/mol. The van der Waals surface area contributed by atoms with Crippen LogP contribution < -0.4 is 16.0 Å². The van der Waals surface area contributed by atoms with Crippen molar-refractivity contribution in [3.63, 3.8) is 0 Å². The summed E-state index contributed by atoms with van der Waals surface area (Å²) >= 11 is 0. The number of nitrogens with one attached hydrogen (secondary N) is 1. The molecule has 2 aromatic rings. The van der Waals surface area contributed by atoms with Crippen LogP contribution in [-0.4, -0.2) is 37.0 Å². The second kappa shape index (κ2) is 8.89. The van der Waals surface area contributed by atoms with E-state index in [1.807, 2.05) is 0 Å². The summed E-state index contributed by atoms with van der Waals surface area (Å²) in [6, 6.07) is 8.08. The van der Waals surface area contributed by atoms with Gasteiger partial charge in [0.05, 0.1) is 11.4 Å². The fraction of sp³-hybridized carbons (Fsp3) is 0.333. The van der Waals surface area contributed by atoms with E-state index < -0.39 is 23.6 Å². The molecule has 1 fully saturated rings. The molecule has 3 N–H and O–H groups in total. The van der Waals surface area contributed by atoms with Crippen molar-refractivity contribution < 1.29 is 18.4 Å². The van der Waals surface area contributed by atoms with E-state index in [-0.39, 0.29) is 6.54 Å². The van der Waals surface area contributed by atoms with Gasteiger partial charge in [0.1, 0.15) is 0 Å². The predicted octanol–water partition coefficient (Wildman–Crippen LogP) is 3.72. The lowest BCUT2D eigenvalue weighted by molar-refractivity contribution is 0.1000. The van der Waals surface area contributed by atoms with E-state index in [4.69, 9.17) is 5.73 Å². The molecule has 0 spiro atoms. The lowest BCUT2D eigenvalue weighted by atomic mass is 10.1. The molecular weight excluding hydrogens is 378 g/mol. The molecule has 8 heteroatoms. The Kier molecular flexibility index (Phi) is 6.31. The first-order chi connectivity index (χ1) is 13.8. The van der Waals surface area contributed by atoms with Crippen LogP contribution in [0.4, 0.5) is 25.0 Å². The summed E-state index contributed by atoms with van der Waals surface area (Å²) in [6.07, 6.45) is 3.27. The van der Waals surface area contributed by atoms with Gasteiger partial charge in [-0.1, -0.05) is 6.07 Å². The van der Waals surface area contributed by atoms with Crippen LogP contribution in [-0.2, 0) is 6.54 Å². The average molecular weight is 402 g/mol. The van der Waals surface area contributed by atoms with Crippen molar-refractivity contribution in [1.82, 2.24) is 4.90 Å². The molecule has 1 aliphatic heterocycles. The Morgan fingerprint density at radius 3 is 2.45 bits per heavy atom. The molecule has 0 aliphatic carbocycles. The number of piperidine rings is 1. The van der Waals surface area contributed by atoms with E-state index in [2.05, 4.69) is 10.2 Å². The zero-order valence-corrected chi connectivity index (χ0v) is 16.3. The summed E-state index contributed by atoms with van der Waals surface area (Å²) < 4.78 is 26.5. The van der Waals surface area contributed by atoms with Gasteiger partial charge < -0.3 is 20.9 Å². The Labute approximate surface area is 168 Å². The van der Waals surface area contributed by atoms with Crippen LogP contribution in [0, 0.1) is 11.6 Å². The van der Waals surface area contributed by atoms with Crippen LogP contribution in [0.25, 0.3) is 0 Å². The molecule has 0 bridgehead atoms. The van der Waals surface area contributed by atoms with Crippen molar-refractivity contribution in [2.45, 2.75) is 25.8 Å². The van der Waals surface area contributed by atoms with E-state index >= 15 is 0 Å². The number of carbonyl (C=O) groups is 2. The molecule has 3 rings (SSSR count). The highest BCUT2D eigenvalue weighted by Gasteiger charge is 2.19. The van der Waals surface area contributed by atoms with Crippen molar-refractivity contribution in [3.05, 3.63) is 59.2 Å². The minimum atomic E-state index is -0.960. The molecule has 0 unspecified atom stereocenters. The zero-order valence-electron chi connectivity index (χ0n) is 16.3. The van der Waals surface area contributed by atoms with Crippen molar-refractivity contribution in [1.29, 1.82) is 0 Å². The number of carbonyl (C=O) groups excluding carboxylic acids is 2. The Hall–Kier alpha value is -3.16. The Balaban J connectivity index is 1.78. The Morgan fingerprint density at radius 1 is 1.07 bits per heavy atom. The molecule has 0 saturated carbocycles. The number of benzene rings is 2. The smallest absolute Gasteiger partial charge is 0.321 e. The quantitative estimate of drug-likeness (QED) is 0.800. The maximum Gasteiger partial charge on any atom is 0.321 e. The number of nitrogens with two attached hydrogens (primary N) is 1. The fourth-order valence-corrected chi connectivity index (χ4v) is 3.39. The molecule has 154 valence electrons. The van der Waals surface area contributed by atoms with Gasteiger partial charge in [0, 0.05) is 32.2 Å². The second-order valence-electron chi connectivity index (χ2n) is 7.18. The maximum absolute atomic E-state index is 13.4. The first-order valence-corrected chi connectivity index (χ1v) is 9.50. The van der Waals surface area contributed by atoms with E-state index in [0.717, 1.165) is 50.2 Å². The summed E-state index contributed by atoms with van der Waals surface area (Å²) in [5.41, 5.74) is 7.46. The number of amides is 3. The Morgan fingerprint density at radius 2 is 1.79 bits per heavy atom. The van der Waals surface area contributed by atoms with Crippen LogP contribution in [0.5, 0.6) is 0 Å². The number of hydrogen-bond acceptors (Lipinski definition) is 3. The highest BCUT2D eigenvalue weighted by molar-refractivity contribution is 5.98. The number of hydrogen-bond donors (Lipinski definition) is 2. The number of halogens is 2. The first-order valence-electron chi connectivity index (χ1n) is 9.50. The zero-order chi connectivity index (χ0) is 21.0.